The van der Waals surface area contributed by atoms with E-state index in [-0.39, 0.29) is 25.7 Å². The van der Waals surface area contributed by atoms with E-state index in [4.69, 9.17) is 4.74 Å². The highest BCUT2D eigenvalue weighted by Crippen LogP contribution is 2.31. The number of alkyl halides is 3. The van der Waals surface area contributed by atoms with Crippen molar-refractivity contribution in [1.82, 2.24) is 4.57 Å². The average molecular weight is 308 g/mol. The van der Waals surface area contributed by atoms with Crippen molar-refractivity contribution in [2.45, 2.75) is 24.7 Å². The third-order valence-corrected chi connectivity index (χ3v) is 3.20. The fourth-order valence-corrected chi connectivity index (χ4v) is 2.10. The van der Waals surface area contributed by atoms with Gasteiger partial charge in [-0.2, -0.15) is 13.2 Å². The summed E-state index contributed by atoms with van der Waals surface area (Å²) < 4.78 is 43.9. The zero-order valence-corrected chi connectivity index (χ0v) is 10.5. The number of pyridine rings is 1. The van der Waals surface area contributed by atoms with Crippen molar-refractivity contribution in [3.8, 4) is 0 Å². The summed E-state index contributed by atoms with van der Waals surface area (Å²) in [5.41, 5.74) is -3.73. The Bertz CT molecular complexity index is 613. The van der Waals surface area contributed by atoms with Gasteiger partial charge < -0.3 is 14.4 Å². The molecule has 1 aliphatic rings. The normalized spacial score (nSPS) is 23.0. The molecule has 0 radical (unpaired) electrons. The lowest BCUT2D eigenvalue weighted by molar-refractivity contribution is -0.386. The maximum atomic E-state index is 12.8. The Hall–Kier alpha value is -1.94. The molecule has 7 nitrogen and oxygen atoms in total. The third kappa shape index (κ3) is 3.05. The van der Waals surface area contributed by atoms with Crippen LogP contribution >= 0.6 is 0 Å². The molecule has 1 aromatic heterocycles. The second-order valence-corrected chi connectivity index (χ2v) is 4.58. The highest BCUT2D eigenvalue weighted by molar-refractivity contribution is 5.33. The van der Waals surface area contributed by atoms with Gasteiger partial charge in [-0.05, 0) is 6.42 Å². The first-order valence-electron chi connectivity index (χ1n) is 5.95. The number of ether oxygens (including phenoxy) is 1. The van der Waals surface area contributed by atoms with Crippen LogP contribution in [-0.4, -0.2) is 33.9 Å². The van der Waals surface area contributed by atoms with Crippen molar-refractivity contribution in [3.63, 3.8) is 0 Å². The molecular formula is C11H11F3N2O5. The van der Waals surface area contributed by atoms with Crippen LogP contribution in [0.15, 0.2) is 17.1 Å². The van der Waals surface area contributed by atoms with Gasteiger partial charge in [0.05, 0.1) is 29.2 Å². The molecule has 2 unspecified atom stereocenters. The molecule has 2 atom stereocenters. The Kier molecular flexibility index (Phi) is 4.01. The van der Waals surface area contributed by atoms with Crippen LogP contribution in [0.1, 0.15) is 18.0 Å². The van der Waals surface area contributed by atoms with Crippen molar-refractivity contribution in [3.05, 3.63) is 38.3 Å². The molecular weight excluding hydrogens is 297 g/mol. The molecule has 2 rings (SSSR count). The summed E-state index contributed by atoms with van der Waals surface area (Å²) >= 11 is 0. The first-order chi connectivity index (χ1) is 9.71. The zero-order chi connectivity index (χ0) is 15.8. The van der Waals surface area contributed by atoms with E-state index in [1.54, 1.807) is 0 Å². The Labute approximate surface area is 115 Å². The zero-order valence-electron chi connectivity index (χ0n) is 10.5. The molecule has 0 amide bonds. The summed E-state index contributed by atoms with van der Waals surface area (Å²) in [5.74, 6) is 0. The average Bonchev–Trinajstić information content (AvgIpc) is 2.38. The van der Waals surface area contributed by atoms with Crippen LogP contribution < -0.4 is 5.56 Å². The van der Waals surface area contributed by atoms with E-state index in [1.807, 2.05) is 0 Å². The summed E-state index contributed by atoms with van der Waals surface area (Å²) in [4.78, 5) is 21.5. The smallest absolute Gasteiger partial charge is 0.391 e. The van der Waals surface area contributed by atoms with Gasteiger partial charge in [0.1, 0.15) is 0 Å². The number of aliphatic hydroxyl groups excluding tert-OH is 1. The minimum Gasteiger partial charge on any atom is -0.391 e. The van der Waals surface area contributed by atoms with Crippen molar-refractivity contribution in [2.24, 2.45) is 0 Å². The van der Waals surface area contributed by atoms with Crippen LogP contribution in [-0.2, 0) is 10.9 Å². The molecule has 2 heterocycles. The Morgan fingerprint density at radius 3 is 2.67 bits per heavy atom. The number of hydrogen-bond donors (Lipinski definition) is 1. The summed E-state index contributed by atoms with van der Waals surface area (Å²) in [6.07, 6.45) is -5.36. The van der Waals surface area contributed by atoms with Gasteiger partial charge >= 0.3 is 17.4 Å². The maximum absolute atomic E-state index is 12.8. The second-order valence-electron chi connectivity index (χ2n) is 4.58. The molecule has 0 aliphatic carbocycles. The number of aromatic nitrogens is 1. The van der Waals surface area contributed by atoms with Crippen molar-refractivity contribution in [2.75, 3.05) is 13.2 Å². The predicted molar refractivity (Wildman–Crippen MR) is 62.8 cm³/mol. The van der Waals surface area contributed by atoms with Crippen molar-refractivity contribution < 1.29 is 27.9 Å². The lowest BCUT2D eigenvalue weighted by Crippen LogP contribution is -2.40. The van der Waals surface area contributed by atoms with E-state index in [9.17, 15) is 33.2 Å². The Morgan fingerprint density at radius 2 is 2.14 bits per heavy atom. The second kappa shape index (κ2) is 5.45. The standard InChI is InChI=1S/C11H11F3N2O5/c12-11(13,14)6-3-7(16(19)20)10(18)15(4-6)8-5-21-2-1-9(8)17/h3-4,8-9,17H,1-2,5H2. The highest BCUT2D eigenvalue weighted by atomic mass is 19.4. The van der Waals surface area contributed by atoms with E-state index >= 15 is 0 Å². The highest BCUT2D eigenvalue weighted by Gasteiger charge is 2.36. The van der Waals surface area contributed by atoms with Gasteiger partial charge in [0, 0.05) is 18.9 Å². The van der Waals surface area contributed by atoms with Crippen LogP contribution in [0, 0.1) is 10.1 Å². The molecule has 1 N–H and O–H groups in total. The van der Waals surface area contributed by atoms with Gasteiger partial charge in [-0.25, -0.2) is 0 Å². The first-order valence-corrected chi connectivity index (χ1v) is 5.95. The first kappa shape index (κ1) is 15.4. The molecule has 0 spiro atoms. The van der Waals surface area contributed by atoms with Crippen LogP contribution in [0.25, 0.3) is 0 Å². The molecule has 10 heteroatoms. The lowest BCUT2D eigenvalue weighted by atomic mass is 10.1. The molecule has 0 bridgehead atoms. The number of rotatable bonds is 2. The van der Waals surface area contributed by atoms with Gasteiger partial charge in [-0.1, -0.05) is 0 Å². The van der Waals surface area contributed by atoms with Crippen LogP contribution in [0.5, 0.6) is 0 Å². The Morgan fingerprint density at radius 1 is 1.48 bits per heavy atom. The Balaban J connectivity index is 2.61. The van der Waals surface area contributed by atoms with E-state index in [0.29, 0.717) is 10.8 Å². The molecule has 1 saturated heterocycles. The molecule has 0 aromatic carbocycles. The summed E-state index contributed by atoms with van der Waals surface area (Å²) in [6.45, 7) is 0.00695. The van der Waals surface area contributed by atoms with E-state index in [0.717, 1.165) is 0 Å². The maximum Gasteiger partial charge on any atom is 0.418 e. The molecule has 1 aliphatic heterocycles. The summed E-state index contributed by atoms with van der Waals surface area (Å²) in [7, 11) is 0. The molecule has 1 fully saturated rings. The SMILES string of the molecule is O=c1c([N+](=O)[O-])cc(C(F)(F)F)cn1C1COCCC1O. The van der Waals surface area contributed by atoms with Gasteiger partial charge in [-0.3, -0.25) is 14.9 Å². The third-order valence-electron chi connectivity index (χ3n) is 3.20. The van der Waals surface area contributed by atoms with Crippen LogP contribution in [0.3, 0.4) is 0 Å². The van der Waals surface area contributed by atoms with Crippen molar-refractivity contribution in [1.29, 1.82) is 0 Å². The van der Waals surface area contributed by atoms with Gasteiger partial charge in [-0.15, -0.1) is 0 Å². The van der Waals surface area contributed by atoms with E-state index < -0.39 is 40.1 Å². The number of nitro groups is 1. The molecule has 1 aromatic rings. The summed E-state index contributed by atoms with van der Waals surface area (Å²) in [6, 6.07) is -0.901. The fraction of sp³-hybridized carbons (Fsp3) is 0.545. The van der Waals surface area contributed by atoms with Gasteiger partial charge in [0.15, 0.2) is 0 Å². The number of nitrogens with zero attached hydrogens (tertiary/aromatic N) is 2. The topological polar surface area (TPSA) is 94.6 Å². The quantitative estimate of drug-likeness (QED) is 0.652. The monoisotopic (exact) mass is 308 g/mol. The number of aliphatic hydroxyl groups is 1. The van der Waals surface area contributed by atoms with Gasteiger partial charge in [0.2, 0.25) is 0 Å². The predicted octanol–water partition coefficient (Wildman–Crippen LogP) is 1.10. The lowest BCUT2D eigenvalue weighted by Gasteiger charge is -2.29. The van der Waals surface area contributed by atoms with Crippen LogP contribution in [0.4, 0.5) is 18.9 Å². The van der Waals surface area contributed by atoms with Crippen molar-refractivity contribution >= 4 is 5.69 Å². The number of hydrogen-bond acceptors (Lipinski definition) is 5. The minimum atomic E-state index is -4.85. The molecule has 0 saturated carbocycles. The van der Waals surface area contributed by atoms with Crippen LogP contribution in [0.2, 0.25) is 0 Å². The van der Waals surface area contributed by atoms with E-state index in [1.165, 1.54) is 0 Å². The largest absolute Gasteiger partial charge is 0.418 e. The fourth-order valence-electron chi connectivity index (χ4n) is 2.10. The van der Waals surface area contributed by atoms with Gasteiger partial charge in [0.25, 0.3) is 0 Å². The summed E-state index contributed by atoms with van der Waals surface area (Å²) in [5, 5.41) is 20.5. The molecule has 116 valence electrons. The minimum absolute atomic E-state index is 0.126. The molecule has 21 heavy (non-hydrogen) atoms. The van der Waals surface area contributed by atoms with E-state index in [2.05, 4.69) is 0 Å². The number of halogens is 3.